The average molecular weight is 1090 g/mol. The molecule has 0 bridgehead atoms. The van der Waals surface area contributed by atoms with Crippen molar-refractivity contribution in [3.8, 4) is 39.5 Å². The van der Waals surface area contributed by atoms with Gasteiger partial charge in [0, 0.05) is 53.1 Å². The second kappa shape index (κ2) is 19.4. The molecule has 10 rings (SSSR count). The molecule has 0 atom stereocenters. The summed E-state index contributed by atoms with van der Waals surface area (Å²) < 4.78 is 31.5. The number of rotatable bonds is 9. The molecule has 0 unspecified atom stereocenters. The van der Waals surface area contributed by atoms with E-state index in [1.54, 1.807) is 18.2 Å². The Morgan fingerprint density at radius 3 is 2.06 bits per heavy atom. The van der Waals surface area contributed by atoms with Crippen LogP contribution in [-0.4, -0.2) is 27.6 Å². The van der Waals surface area contributed by atoms with Crippen LogP contribution in [0.5, 0.6) is 0 Å². The molecule has 0 aliphatic heterocycles. The van der Waals surface area contributed by atoms with E-state index >= 15 is 0 Å². The molecule has 0 fully saturated rings. The van der Waals surface area contributed by atoms with Gasteiger partial charge in [-0.05, 0) is 87.3 Å². The minimum absolute atomic E-state index is 0. The zero-order valence-corrected chi connectivity index (χ0v) is 44.0. The molecule has 68 heavy (non-hydrogen) atoms. The van der Waals surface area contributed by atoms with E-state index in [9.17, 15) is 0 Å². The van der Waals surface area contributed by atoms with Crippen molar-refractivity contribution in [3.05, 3.63) is 198 Å². The van der Waals surface area contributed by atoms with E-state index in [-0.39, 0.29) is 37.4 Å². The minimum atomic E-state index is -2.12. The third kappa shape index (κ3) is 9.20. The topological polar surface area (TPSA) is 56.7 Å². The van der Waals surface area contributed by atoms with Crippen LogP contribution in [0.2, 0.25) is 19.6 Å². The number of furan rings is 1. The standard InChI is InChI=1S/C37H32N3O.C24H28NSi.Ir/c1-22(2)30-20-26(25-12-7-6-8-13-25)21-31(23(3)4)35(30)40-32-18-19-38-24(5)34(32)39-37(40)29-16-11-15-28-27-14-9-10-17-33(27)41-36(28)29;1-18-12-14-19(15-13-18)22-16-21(23(17-25-22)26(4,5)6)24(2,3)20-10-8-7-9-11-20;/h6-15,17-23H,1-5H3;7-14,16-17H,1-6H3;/q2*-1;/i;1D3;. The predicted octanol–water partition coefficient (Wildman–Crippen LogP) is 15.7. The van der Waals surface area contributed by atoms with Crippen LogP contribution in [0.1, 0.15) is 91.0 Å². The van der Waals surface area contributed by atoms with Crippen LogP contribution in [0.3, 0.4) is 0 Å². The summed E-state index contributed by atoms with van der Waals surface area (Å²) in [6.07, 6.45) is 3.90. The number of para-hydroxylation sites is 1. The van der Waals surface area contributed by atoms with Crippen molar-refractivity contribution in [1.29, 1.82) is 0 Å². The summed E-state index contributed by atoms with van der Waals surface area (Å²) in [4.78, 5) is 14.6. The summed E-state index contributed by atoms with van der Waals surface area (Å²) >= 11 is 0. The predicted molar refractivity (Wildman–Crippen MR) is 284 cm³/mol. The molecule has 0 N–H and O–H groups in total. The first-order valence-corrected chi connectivity index (χ1v) is 26.8. The van der Waals surface area contributed by atoms with Crippen LogP contribution in [-0.2, 0) is 25.5 Å². The largest absolute Gasteiger partial charge is 0.501 e. The number of imidazole rings is 1. The average Bonchev–Trinajstić information content (AvgIpc) is 3.93. The van der Waals surface area contributed by atoms with Gasteiger partial charge in [-0.15, -0.1) is 53.6 Å². The first-order chi connectivity index (χ1) is 33.3. The van der Waals surface area contributed by atoms with Gasteiger partial charge < -0.3 is 14.0 Å². The van der Waals surface area contributed by atoms with Crippen molar-refractivity contribution in [2.75, 3.05) is 0 Å². The van der Waals surface area contributed by atoms with Crippen LogP contribution in [0.4, 0.5) is 0 Å². The van der Waals surface area contributed by atoms with Crippen LogP contribution in [0.15, 0.2) is 156 Å². The van der Waals surface area contributed by atoms with Gasteiger partial charge in [0.15, 0.2) is 0 Å². The van der Waals surface area contributed by atoms with Gasteiger partial charge in [0.1, 0.15) is 5.58 Å². The molecule has 4 aromatic heterocycles. The van der Waals surface area contributed by atoms with Crippen LogP contribution in [0, 0.1) is 25.9 Å². The number of aryl methyl sites for hydroxylation is 2. The smallest absolute Gasteiger partial charge is 0.120 e. The zero-order chi connectivity index (χ0) is 49.7. The van der Waals surface area contributed by atoms with Gasteiger partial charge in [-0.25, -0.2) is 0 Å². The number of nitrogens with zero attached hydrogens (tertiary/aromatic N) is 4. The van der Waals surface area contributed by atoms with Crippen molar-refractivity contribution in [1.82, 2.24) is 19.5 Å². The zero-order valence-electron chi connectivity index (χ0n) is 43.6. The van der Waals surface area contributed by atoms with Gasteiger partial charge in [-0.2, -0.15) is 0 Å². The second-order valence-corrected chi connectivity index (χ2v) is 24.8. The maximum atomic E-state index is 7.56. The second-order valence-electron chi connectivity index (χ2n) is 19.8. The molecule has 0 aliphatic carbocycles. The van der Waals surface area contributed by atoms with Crippen molar-refractivity contribution in [2.45, 2.75) is 92.2 Å². The third-order valence-corrected chi connectivity index (χ3v) is 15.0. The first-order valence-electron chi connectivity index (χ1n) is 24.8. The molecular weight excluding hydrogens is 1030 g/mol. The van der Waals surface area contributed by atoms with E-state index in [0.717, 1.165) is 61.3 Å². The molecule has 1 radical (unpaired) electrons. The SMILES string of the molecule is Cc1nccc2c1nc(-c1[c-]ccc3c1oc1ccccc13)n2-c1c(C(C)C)cc(-c2ccccc2)cc1C(C)C.[2H]C([2H])([2H])c1c[c-]c(-c2cc(C(C)(C)c3ccccc3)c([Si](C)(C)C)cn2)cc1.[Ir]. The normalized spacial score (nSPS) is 12.7. The first kappa shape index (κ1) is 44.3. The number of fused-ring (bicyclic) bond motifs is 4. The Balaban J connectivity index is 0.000000200. The molecule has 7 heteroatoms. The molecule has 10 aromatic rings. The van der Waals surface area contributed by atoms with Gasteiger partial charge in [-0.3, -0.25) is 9.97 Å². The van der Waals surface area contributed by atoms with Crippen molar-refractivity contribution >= 4 is 46.2 Å². The molecule has 6 aromatic carbocycles. The third-order valence-electron chi connectivity index (χ3n) is 13.0. The molecular formula is C61H60IrN4OSi-2. The Morgan fingerprint density at radius 1 is 0.735 bits per heavy atom. The Labute approximate surface area is 421 Å². The number of aromatic nitrogens is 4. The summed E-state index contributed by atoms with van der Waals surface area (Å²) in [5, 5.41) is 3.50. The minimum Gasteiger partial charge on any atom is -0.501 e. The quantitative estimate of drug-likeness (QED) is 0.107. The van der Waals surface area contributed by atoms with E-state index < -0.39 is 14.9 Å². The molecule has 0 saturated heterocycles. The van der Waals surface area contributed by atoms with Gasteiger partial charge in [0.25, 0.3) is 0 Å². The number of benzene rings is 6. The molecule has 0 saturated carbocycles. The van der Waals surface area contributed by atoms with Gasteiger partial charge in [0.05, 0.1) is 36.2 Å². The Kier molecular flexibility index (Phi) is 12.6. The monoisotopic (exact) mass is 1090 g/mol. The Bertz CT molecular complexity index is 3470. The van der Waals surface area contributed by atoms with Crippen molar-refractivity contribution in [2.24, 2.45) is 0 Å². The maximum absolute atomic E-state index is 7.56. The molecule has 4 heterocycles. The van der Waals surface area contributed by atoms with E-state index in [2.05, 4.69) is 180 Å². The van der Waals surface area contributed by atoms with E-state index in [1.807, 2.05) is 43.6 Å². The molecule has 0 aliphatic rings. The Morgan fingerprint density at radius 2 is 1.41 bits per heavy atom. The van der Waals surface area contributed by atoms with Gasteiger partial charge >= 0.3 is 0 Å². The maximum Gasteiger partial charge on any atom is 0.120 e. The van der Waals surface area contributed by atoms with Gasteiger partial charge in [0.2, 0.25) is 0 Å². The summed E-state index contributed by atoms with van der Waals surface area (Å²) in [7, 11) is -1.63. The van der Waals surface area contributed by atoms with E-state index in [1.165, 1.54) is 44.3 Å². The van der Waals surface area contributed by atoms with Crippen LogP contribution < -0.4 is 5.19 Å². The van der Waals surface area contributed by atoms with Crippen molar-refractivity contribution in [3.63, 3.8) is 0 Å². The fourth-order valence-corrected chi connectivity index (χ4v) is 11.0. The Hall–Kier alpha value is -6.24. The van der Waals surface area contributed by atoms with Crippen LogP contribution >= 0.6 is 0 Å². The molecule has 0 spiro atoms. The van der Waals surface area contributed by atoms with Crippen LogP contribution in [0.25, 0.3) is 72.4 Å². The molecule has 0 amide bonds. The van der Waals surface area contributed by atoms with Crippen molar-refractivity contribution < 1.29 is 28.6 Å². The fraction of sp³-hybridized carbons (Fsp3) is 0.230. The summed E-state index contributed by atoms with van der Waals surface area (Å²) in [6, 6.07) is 54.1. The number of pyridine rings is 2. The van der Waals surface area contributed by atoms with Gasteiger partial charge in [-0.1, -0.05) is 164 Å². The van der Waals surface area contributed by atoms with E-state index in [4.69, 9.17) is 18.5 Å². The fourth-order valence-electron chi connectivity index (χ4n) is 9.31. The summed E-state index contributed by atoms with van der Waals surface area (Å²) in [5.74, 6) is 1.38. The molecule has 5 nitrogen and oxygen atoms in total. The number of hydrogen-bond donors (Lipinski definition) is 0. The molecule has 345 valence electrons. The summed E-state index contributed by atoms with van der Waals surface area (Å²) in [6.45, 7) is 20.5. The number of hydrogen-bond acceptors (Lipinski definition) is 4. The van der Waals surface area contributed by atoms with E-state index in [0.29, 0.717) is 5.56 Å². The summed E-state index contributed by atoms with van der Waals surface area (Å²) in [5.41, 5.74) is 15.8.